The number of halogens is 1. The van der Waals surface area contributed by atoms with Crippen LogP contribution in [0.2, 0.25) is 0 Å². The summed E-state index contributed by atoms with van der Waals surface area (Å²) in [7, 11) is -3.01. The fraction of sp³-hybridized carbons (Fsp3) is 0.933. The van der Waals surface area contributed by atoms with E-state index in [1.807, 2.05) is 6.92 Å². The summed E-state index contributed by atoms with van der Waals surface area (Å²) in [5.74, 6) is 1.06. The zero-order valence-corrected chi connectivity index (χ0v) is 17.8. The van der Waals surface area contributed by atoms with E-state index in [2.05, 4.69) is 20.5 Å². The van der Waals surface area contributed by atoms with E-state index in [1.165, 1.54) is 32.4 Å². The molecule has 0 radical (unpaired) electrons. The lowest BCUT2D eigenvalue weighted by atomic mass is 10.1. The summed E-state index contributed by atoms with van der Waals surface area (Å²) < 4.78 is 25.1. The van der Waals surface area contributed by atoms with Crippen LogP contribution in [0.15, 0.2) is 4.99 Å². The van der Waals surface area contributed by atoms with Gasteiger partial charge in [0.15, 0.2) is 5.96 Å². The molecule has 7 nitrogen and oxygen atoms in total. The second kappa shape index (κ2) is 11.5. The summed E-state index contributed by atoms with van der Waals surface area (Å²) in [6.45, 7) is 8.74. The molecule has 2 heterocycles. The maximum Gasteiger partial charge on any atom is 0.214 e. The van der Waals surface area contributed by atoms with Crippen LogP contribution in [0.1, 0.15) is 32.6 Å². The molecule has 0 aromatic heterocycles. The van der Waals surface area contributed by atoms with Crippen molar-refractivity contribution in [1.82, 2.24) is 19.8 Å². The van der Waals surface area contributed by atoms with Gasteiger partial charge in [-0.05, 0) is 39.3 Å². The van der Waals surface area contributed by atoms with Gasteiger partial charge in [0.1, 0.15) is 0 Å². The van der Waals surface area contributed by atoms with E-state index in [-0.39, 0.29) is 29.7 Å². The summed E-state index contributed by atoms with van der Waals surface area (Å²) in [6.07, 6.45) is 4.70. The summed E-state index contributed by atoms with van der Waals surface area (Å²) >= 11 is 0. The van der Waals surface area contributed by atoms with Gasteiger partial charge in [-0.3, -0.25) is 4.99 Å². The van der Waals surface area contributed by atoms with Gasteiger partial charge in [0.2, 0.25) is 10.0 Å². The van der Waals surface area contributed by atoms with Gasteiger partial charge in [-0.2, -0.15) is 0 Å². The Labute approximate surface area is 163 Å². The van der Waals surface area contributed by atoms with Gasteiger partial charge < -0.3 is 15.5 Å². The molecule has 0 unspecified atom stereocenters. The summed E-state index contributed by atoms with van der Waals surface area (Å²) in [5, 5.41) is 6.56. The summed E-state index contributed by atoms with van der Waals surface area (Å²) in [4.78, 5) is 6.98. The fourth-order valence-corrected chi connectivity index (χ4v) is 4.59. The highest BCUT2D eigenvalue weighted by atomic mass is 127. The molecular formula is C15H32IN5O2S. The van der Waals surface area contributed by atoms with Crippen LogP contribution in [-0.2, 0) is 10.0 Å². The van der Waals surface area contributed by atoms with Gasteiger partial charge in [0.05, 0.1) is 12.3 Å². The molecule has 0 aromatic rings. The highest BCUT2D eigenvalue weighted by molar-refractivity contribution is 14.0. The Kier molecular flexibility index (Phi) is 10.5. The average Bonchev–Trinajstić information content (AvgIpc) is 2.87. The predicted octanol–water partition coefficient (Wildman–Crippen LogP) is 0.681. The minimum Gasteiger partial charge on any atom is -0.357 e. The number of nitrogens with one attached hydrogen (secondary N) is 2. The van der Waals surface area contributed by atoms with Crippen LogP contribution in [0.4, 0.5) is 0 Å². The second-order valence-corrected chi connectivity index (χ2v) is 8.25. The number of nitrogens with zero attached hydrogens (tertiary/aromatic N) is 3. The zero-order valence-electron chi connectivity index (χ0n) is 14.7. The first kappa shape index (κ1) is 21.9. The first-order valence-electron chi connectivity index (χ1n) is 8.84. The molecule has 0 spiro atoms. The lowest BCUT2D eigenvalue weighted by molar-refractivity contribution is 0.232. The monoisotopic (exact) mass is 473 g/mol. The maximum absolute atomic E-state index is 11.8. The topological polar surface area (TPSA) is 77.0 Å². The van der Waals surface area contributed by atoms with Crippen LogP contribution in [0.5, 0.6) is 0 Å². The van der Waals surface area contributed by atoms with Crippen LogP contribution in [0, 0.1) is 0 Å². The molecule has 9 heteroatoms. The number of aliphatic imine (C=N–C) groups is 1. The lowest BCUT2D eigenvalue weighted by Crippen LogP contribution is -2.43. The largest absolute Gasteiger partial charge is 0.357 e. The van der Waals surface area contributed by atoms with Crippen molar-refractivity contribution in [2.24, 2.45) is 4.99 Å². The molecule has 0 saturated carbocycles. The fourth-order valence-electron chi connectivity index (χ4n) is 3.07. The van der Waals surface area contributed by atoms with E-state index in [0.29, 0.717) is 19.6 Å². The molecule has 142 valence electrons. The maximum atomic E-state index is 11.8. The van der Waals surface area contributed by atoms with E-state index in [0.717, 1.165) is 32.0 Å². The van der Waals surface area contributed by atoms with E-state index in [4.69, 9.17) is 0 Å². The number of piperidine rings is 1. The van der Waals surface area contributed by atoms with Crippen molar-refractivity contribution in [2.45, 2.75) is 32.6 Å². The van der Waals surface area contributed by atoms with Gasteiger partial charge in [0, 0.05) is 32.7 Å². The second-order valence-electron chi connectivity index (χ2n) is 6.16. The number of sulfonamides is 1. The van der Waals surface area contributed by atoms with Crippen LogP contribution < -0.4 is 10.6 Å². The van der Waals surface area contributed by atoms with E-state index in [9.17, 15) is 8.42 Å². The Balaban J connectivity index is 0.00000288. The molecule has 2 N–H and O–H groups in total. The van der Waals surface area contributed by atoms with Crippen molar-refractivity contribution in [3.05, 3.63) is 0 Å². The number of rotatable bonds is 7. The predicted molar refractivity (Wildman–Crippen MR) is 110 cm³/mol. The molecule has 24 heavy (non-hydrogen) atoms. The van der Waals surface area contributed by atoms with Gasteiger partial charge in [-0.15, -0.1) is 24.0 Å². The molecule has 2 aliphatic rings. The highest BCUT2D eigenvalue weighted by Crippen LogP contribution is 2.12. The summed E-state index contributed by atoms with van der Waals surface area (Å²) in [6, 6.07) is 0. The average molecular weight is 473 g/mol. The molecule has 2 aliphatic heterocycles. The van der Waals surface area contributed by atoms with E-state index in [1.54, 1.807) is 4.31 Å². The van der Waals surface area contributed by atoms with Gasteiger partial charge >= 0.3 is 0 Å². The first-order valence-corrected chi connectivity index (χ1v) is 10.4. The van der Waals surface area contributed by atoms with Crippen molar-refractivity contribution < 1.29 is 8.42 Å². The smallest absolute Gasteiger partial charge is 0.214 e. The number of likely N-dealkylation sites (tertiary alicyclic amines) is 1. The SMILES string of the molecule is CCNC(=NCCN1CCCS1(=O)=O)NCCN1CCCCC1.I. The highest BCUT2D eigenvalue weighted by Gasteiger charge is 2.27. The minimum absolute atomic E-state index is 0. The zero-order chi connectivity index (χ0) is 16.5. The van der Waals surface area contributed by atoms with E-state index < -0.39 is 10.0 Å². The van der Waals surface area contributed by atoms with Crippen LogP contribution in [0.3, 0.4) is 0 Å². The van der Waals surface area contributed by atoms with Gasteiger partial charge in [-0.25, -0.2) is 12.7 Å². The van der Waals surface area contributed by atoms with Crippen molar-refractivity contribution in [3.63, 3.8) is 0 Å². The molecule has 2 saturated heterocycles. The Bertz CT molecular complexity index is 480. The molecule has 0 amide bonds. The molecule has 0 atom stereocenters. The molecule has 2 fully saturated rings. The third-order valence-corrected chi connectivity index (χ3v) is 6.29. The van der Waals surface area contributed by atoms with Crippen LogP contribution in [0.25, 0.3) is 0 Å². The normalized spacial score (nSPS) is 22.1. The first-order chi connectivity index (χ1) is 11.1. The third-order valence-electron chi connectivity index (χ3n) is 4.34. The number of hydrogen-bond donors (Lipinski definition) is 2. The molecule has 0 aromatic carbocycles. The Morgan fingerprint density at radius 1 is 1.04 bits per heavy atom. The quantitative estimate of drug-likeness (QED) is 0.323. The lowest BCUT2D eigenvalue weighted by Gasteiger charge is -2.26. The van der Waals surface area contributed by atoms with Crippen molar-refractivity contribution in [3.8, 4) is 0 Å². The van der Waals surface area contributed by atoms with Crippen molar-refractivity contribution in [1.29, 1.82) is 0 Å². The number of hydrogen-bond acceptors (Lipinski definition) is 4. The van der Waals surface area contributed by atoms with Crippen LogP contribution >= 0.6 is 24.0 Å². The molecule has 0 bridgehead atoms. The molecule has 0 aliphatic carbocycles. The molecular weight excluding hydrogens is 441 g/mol. The minimum atomic E-state index is -3.01. The standard InChI is InChI=1S/C15H31N5O2S.HI/c1-2-16-15(17-7-12-19-9-4-3-5-10-19)18-8-13-20-11-6-14-23(20,21)22;/h2-14H2,1H3,(H2,16,17,18);1H. The van der Waals surface area contributed by atoms with Gasteiger partial charge in [0.25, 0.3) is 0 Å². The van der Waals surface area contributed by atoms with Gasteiger partial charge in [-0.1, -0.05) is 6.42 Å². The Morgan fingerprint density at radius 2 is 1.79 bits per heavy atom. The van der Waals surface area contributed by atoms with Crippen LogP contribution in [-0.4, -0.2) is 81.7 Å². The van der Waals surface area contributed by atoms with Crippen molar-refractivity contribution in [2.75, 3.05) is 58.1 Å². The Hall–Kier alpha value is -0.130. The molecule has 2 rings (SSSR count). The Morgan fingerprint density at radius 3 is 2.42 bits per heavy atom. The summed E-state index contributed by atoms with van der Waals surface area (Å²) in [5.41, 5.74) is 0. The van der Waals surface area contributed by atoms with E-state index >= 15 is 0 Å². The van der Waals surface area contributed by atoms with Crippen molar-refractivity contribution >= 4 is 40.0 Å². The third kappa shape index (κ3) is 7.40. The number of guanidine groups is 1.